The highest BCUT2D eigenvalue weighted by Gasteiger charge is 2.33. The topological polar surface area (TPSA) is 49.4 Å². The van der Waals surface area contributed by atoms with Crippen molar-refractivity contribution in [2.75, 3.05) is 5.32 Å². The molecule has 6 heteroatoms. The molecular weight excluding hydrogens is 351 g/mol. The van der Waals surface area contributed by atoms with Crippen LogP contribution in [0, 0.1) is 5.82 Å². The lowest BCUT2D eigenvalue weighted by Crippen LogP contribution is -2.33. The Bertz CT molecular complexity index is 865. The molecule has 4 rings (SSSR count). The van der Waals surface area contributed by atoms with Crippen LogP contribution in [0.1, 0.15) is 35.7 Å². The Kier molecular flexibility index (Phi) is 4.44. The van der Waals surface area contributed by atoms with Crippen LogP contribution in [0.2, 0.25) is 0 Å². The van der Waals surface area contributed by atoms with Crippen LogP contribution in [0.4, 0.5) is 10.1 Å². The third-order valence-corrected chi connectivity index (χ3v) is 5.85. The highest BCUT2D eigenvalue weighted by Crippen LogP contribution is 2.37. The SMILES string of the molecule is CC1Sc2ccc(C(=O)N(Cc3ccc(F)cc3)C3CC3)cc2NC1=O. The van der Waals surface area contributed by atoms with Gasteiger partial charge in [0, 0.05) is 23.0 Å². The number of nitrogens with zero attached hydrogens (tertiary/aromatic N) is 1. The molecule has 2 amide bonds. The maximum absolute atomic E-state index is 13.1. The van der Waals surface area contributed by atoms with Gasteiger partial charge in [0.2, 0.25) is 5.91 Å². The van der Waals surface area contributed by atoms with Gasteiger partial charge in [-0.2, -0.15) is 0 Å². The molecule has 1 fully saturated rings. The first-order valence-electron chi connectivity index (χ1n) is 8.68. The fraction of sp³-hybridized carbons (Fsp3) is 0.300. The second kappa shape index (κ2) is 6.76. The molecule has 1 atom stereocenters. The van der Waals surface area contributed by atoms with E-state index < -0.39 is 0 Å². The summed E-state index contributed by atoms with van der Waals surface area (Å²) >= 11 is 1.50. The van der Waals surface area contributed by atoms with Crippen LogP contribution < -0.4 is 5.32 Å². The zero-order chi connectivity index (χ0) is 18.3. The Balaban J connectivity index is 1.57. The van der Waals surface area contributed by atoms with E-state index in [-0.39, 0.29) is 28.9 Å². The zero-order valence-electron chi connectivity index (χ0n) is 14.4. The molecule has 0 saturated heterocycles. The lowest BCUT2D eigenvalue weighted by Gasteiger charge is -2.25. The number of nitrogens with one attached hydrogen (secondary N) is 1. The molecule has 1 heterocycles. The third-order valence-electron chi connectivity index (χ3n) is 4.67. The Morgan fingerprint density at radius 1 is 1.23 bits per heavy atom. The van der Waals surface area contributed by atoms with Crippen molar-refractivity contribution in [2.45, 2.75) is 42.5 Å². The summed E-state index contributed by atoms with van der Waals surface area (Å²) in [6.45, 7) is 2.32. The van der Waals surface area contributed by atoms with Crippen molar-refractivity contribution < 1.29 is 14.0 Å². The Morgan fingerprint density at radius 3 is 2.65 bits per heavy atom. The summed E-state index contributed by atoms with van der Waals surface area (Å²) in [4.78, 5) is 27.8. The van der Waals surface area contributed by atoms with Gasteiger partial charge in [0.15, 0.2) is 0 Å². The minimum Gasteiger partial charge on any atom is -0.331 e. The number of benzene rings is 2. The Hall–Kier alpha value is -2.34. The normalized spacial score (nSPS) is 18.8. The largest absolute Gasteiger partial charge is 0.331 e. The van der Waals surface area contributed by atoms with Gasteiger partial charge in [0.05, 0.1) is 10.9 Å². The molecule has 1 saturated carbocycles. The molecule has 2 aromatic rings. The summed E-state index contributed by atoms with van der Waals surface area (Å²) in [5.41, 5.74) is 2.16. The van der Waals surface area contributed by atoms with Crippen LogP contribution in [-0.4, -0.2) is 28.0 Å². The number of amides is 2. The number of thioether (sulfide) groups is 1. The minimum absolute atomic E-state index is 0.0440. The summed E-state index contributed by atoms with van der Waals surface area (Å²) in [6, 6.07) is 12.0. The monoisotopic (exact) mass is 370 g/mol. The van der Waals surface area contributed by atoms with Crippen molar-refractivity contribution in [2.24, 2.45) is 0 Å². The van der Waals surface area contributed by atoms with Gasteiger partial charge in [-0.25, -0.2) is 4.39 Å². The van der Waals surface area contributed by atoms with Gasteiger partial charge in [-0.3, -0.25) is 9.59 Å². The highest BCUT2D eigenvalue weighted by molar-refractivity contribution is 8.00. The summed E-state index contributed by atoms with van der Waals surface area (Å²) < 4.78 is 13.1. The smallest absolute Gasteiger partial charge is 0.254 e. The summed E-state index contributed by atoms with van der Waals surface area (Å²) in [7, 11) is 0. The van der Waals surface area contributed by atoms with E-state index in [0.29, 0.717) is 17.8 Å². The van der Waals surface area contributed by atoms with E-state index in [1.165, 1.54) is 23.9 Å². The second-order valence-corrected chi connectivity index (χ2v) is 8.13. The number of fused-ring (bicyclic) bond motifs is 1. The second-order valence-electron chi connectivity index (χ2n) is 6.75. The lowest BCUT2D eigenvalue weighted by atomic mass is 10.1. The Labute approximate surface area is 155 Å². The van der Waals surface area contributed by atoms with E-state index in [9.17, 15) is 14.0 Å². The maximum atomic E-state index is 13.1. The molecule has 26 heavy (non-hydrogen) atoms. The van der Waals surface area contributed by atoms with Gasteiger partial charge in [-0.05, 0) is 55.7 Å². The lowest BCUT2D eigenvalue weighted by molar-refractivity contribution is -0.115. The van der Waals surface area contributed by atoms with E-state index in [1.54, 1.807) is 18.2 Å². The number of halogens is 1. The van der Waals surface area contributed by atoms with Crippen molar-refractivity contribution in [1.82, 2.24) is 4.90 Å². The highest BCUT2D eigenvalue weighted by atomic mass is 32.2. The van der Waals surface area contributed by atoms with E-state index in [2.05, 4.69) is 5.32 Å². The zero-order valence-corrected chi connectivity index (χ0v) is 15.2. The molecule has 0 bridgehead atoms. The number of carbonyl (C=O) groups is 2. The van der Waals surface area contributed by atoms with E-state index in [0.717, 1.165) is 23.3 Å². The molecule has 0 radical (unpaired) electrons. The van der Waals surface area contributed by atoms with Crippen LogP contribution >= 0.6 is 11.8 Å². The molecule has 0 aromatic heterocycles. The molecule has 134 valence electrons. The molecule has 0 spiro atoms. The molecule has 2 aliphatic rings. The standard InChI is InChI=1S/C20H19FN2O2S/c1-12-19(24)22-17-10-14(4-9-18(17)26-12)20(25)23(16-7-8-16)11-13-2-5-15(21)6-3-13/h2-6,9-10,12,16H,7-8,11H2,1H3,(H,22,24). The third kappa shape index (κ3) is 3.46. The van der Waals surface area contributed by atoms with Gasteiger partial charge < -0.3 is 10.2 Å². The summed E-state index contributed by atoms with van der Waals surface area (Å²) in [5.74, 6) is -0.384. The molecule has 1 aliphatic carbocycles. The minimum atomic E-state index is -0.282. The summed E-state index contributed by atoms with van der Waals surface area (Å²) in [5, 5.41) is 2.74. The first-order valence-corrected chi connectivity index (χ1v) is 9.56. The summed E-state index contributed by atoms with van der Waals surface area (Å²) in [6.07, 6.45) is 1.98. The number of hydrogen-bond acceptors (Lipinski definition) is 3. The van der Waals surface area contributed by atoms with Crippen LogP contribution in [0.25, 0.3) is 0 Å². The van der Waals surface area contributed by atoms with E-state index >= 15 is 0 Å². The van der Waals surface area contributed by atoms with Gasteiger partial charge >= 0.3 is 0 Å². The van der Waals surface area contributed by atoms with Gasteiger partial charge in [-0.1, -0.05) is 12.1 Å². The molecule has 4 nitrogen and oxygen atoms in total. The fourth-order valence-electron chi connectivity index (χ4n) is 3.05. The predicted molar refractivity (Wildman–Crippen MR) is 99.7 cm³/mol. The number of rotatable bonds is 4. The molecule has 2 aromatic carbocycles. The van der Waals surface area contributed by atoms with Gasteiger partial charge in [-0.15, -0.1) is 11.8 Å². The van der Waals surface area contributed by atoms with Crippen molar-refractivity contribution in [3.05, 3.63) is 59.4 Å². The van der Waals surface area contributed by atoms with E-state index in [4.69, 9.17) is 0 Å². The van der Waals surface area contributed by atoms with Crippen LogP contribution in [-0.2, 0) is 11.3 Å². The van der Waals surface area contributed by atoms with Crippen LogP contribution in [0.15, 0.2) is 47.4 Å². The van der Waals surface area contributed by atoms with Crippen molar-refractivity contribution in [3.8, 4) is 0 Å². The van der Waals surface area contributed by atoms with Gasteiger partial charge in [0.25, 0.3) is 5.91 Å². The molecule has 1 aliphatic heterocycles. The maximum Gasteiger partial charge on any atom is 0.254 e. The van der Waals surface area contributed by atoms with Gasteiger partial charge in [0.1, 0.15) is 5.82 Å². The number of carbonyl (C=O) groups excluding carboxylic acids is 2. The molecular formula is C20H19FN2O2S. The van der Waals surface area contributed by atoms with Crippen molar-refractivity contribution in [3.63, 3.8) is 0 Å². The first-order chi connectivity index (χ1) is 12.5. The predicted octanol–water partition coefficient (Wildman–Crippen LogP) is 4.06. The molecule has 1 N–H and O–H groups in total. The van der Waals surface area contributed by atoms with Crippen molar-refractivity contribution >= 4 is 29.3 Å². The van der Waals surface area contributed by atoms with Crippen LogP contribution in [0.3, 0.4) is 0 Å². The van der Waals surface area contributed by atoms with Crippen molar-refractivity contribution in [1.29, 1.82) is 0 Å². The quantitative estimate of drug-likeness (QED) is 0.883. The fourth-order valence-corrected chi connectivity index (χ4v) is 3.98. The average Bonchev–Trinajstić information content (AvgIpc) is 3.46. The number of hydrogen-bond donors (Lipinski definition) is 1. The van der Waals surface area contributed by atoms with Crippen LogP contribution in [0.5, 0.6) is 0 Å². The average molecular weight is 370 g/mol. The van der Waals surface area contributed by atoms with E-state index in [1.807, 2.05) is 24.0 Å². The first kappa shape index (κ1) is 17.1. The number of anilines is 1. The molecule has 1 unspecified atom stereocenters. The Morgan fingerprint density at radius 2 is 1.96 bits per heavy atom.